The molecule has 0 atom stereocenters. The lowest BCUT2D eigenvalue weighted by Crippen LogP contribution is -2.37. The number of para-hydroxylation sites is 1. The number of hydrogen-bond donors (Lipinski definition) is 1. The fraction of sp³-hybridized carbons (Fsp3) is 0.235. The molecule has 0 spiro atoms. The molecule has 9 nitrogen and oxygen atoms in total. The summed E-state index contributed by atoms with van der Waals surface area (Å²) in [7, 11) is 4.35. The summed E-state index contributed by atoms with van der Waals surface area (Å²) >= 11 is 0.898. The van der Waals surface area contributed by atoms with Crippen LogP contribution in [0.1, 0.15) is 0 Å². The molecular weight excluding hydrogens is 372 g/mol. The summed E-state index contributed by atoms with van der Waals surface area (Å²) in [6, 6.07) is 7.04. The van der Waals surface area contributed by atoms with Crippen molar-refractivity contribution in [1.29, 1.82) is 0 Å². The van der Waals surface area contributed by atoms with E-state index in [1.807, 2.05) is 0 Å². The minimum absolute atomic E-state index is 0.101. The molecule has 1 N–H and O–H groups in total. The molecule has 0 aliphatic heterocycles. The molecule has 140 valence electrons. The highest BCUT2D eigenvalue weighted by Gasteiger charge is 2.20. The van der Waals surface area contributed by atoms with Crippen molar-refractivity contribution in [2.45, 2.75) is 5.03 Å². The second kappa shape index (κ2) is 7.23. The molecule has 0 aliphatic rings. The van der Waals surface area contributed by atoms with Gasteiger partial charge in [0.2, 0.25) is 0 Å². The van der Waals surface area contributed by atoms with Gasteiger partial charge in [0.15, 0.2) is 11.5 Å². The van der Waals surface area contributed by atoms with Crippen LogP contribution in [0.4, 0.5) is 0 Å². The fourth-order valence-electron chi connectivity index (χ4n) is 2.61. The van der Waals surface area contributed by atoms with Gasteiger partial charge in [-0.25, -0.2) is 14.8 Å². The smallest absolute Gasteiger partial charge is 0.332 e. The van der Waals surface area contributed by atoms with E-state index in [9.17, 15) is 14.4 Å². The van der Waals surface area contributed by atoms with Crippen LogP contribution >= 0.6 is 11.8 Å². The minimum Gasteiger partial charge on any atom is -0.496 e. The molecule has 2 heterocycles. The molecule has 2 aromatic heterocycles. The topological polar surface area (TPSA) is 116 Å². The van der Waals surface area contributed by atoms with E-state index in [-0.39, 0.29) is 27.6 Å². The van der Waals surface area contributed by atoms with E-state index in [0.29, 0.717) is 11.3 Å². The Morgan fingerprint density at radius 1 is 1.19 bits per heavy atom. The third-order valence-electron chi connectivity index (χ3n) is 3.95. The first-order valence-electron chi connectivity index (χ1n) is 7.81. The monoisotopic (exact) mass is 388 g/mol. The highest BCUT2D eigenvalue weighted by molar-refractivity contribution is 8.00. The molecule has 0 radical (unpaired) electrons. The number of rotatable bonds is 5. The number of hydrogen-bond acceptors (Lipinski definition) is 7. The lowest BCUT2D eigenvalue weighted by Gasteiger charge is -2.13. The predicted molar refractivity (Wildman–Crippen MR) is 100 cm³/mol. The Balaban J connectivity index is 2.40. The van der Waals surface area contributed by atoms with Crippen LogP contribution in [-0.2, 0) is 18.9 Å². The van der Waals surface area contributed by atoms with Crippen LogP contribution in [0.2, 0.25) is 0 Å². The number of methoxy groups -OCH3 is 1. The van der Waals surface area contributed by atoms with Gasteiger partial charge < -0.3 is 9.84 Å². The van der Waals surface area contributed by atoms with Crippen LogP contribution in [0.3, 0.4) is 0 Å². The first-order chi connectivity index (χ1) is 12.8. The lowest BCUT2D eigenvalue weighted by molar-refractivity contribution is -0.133. The zero-order chi connectivity index (χ0) is 19.7. The molecule has 0 aliphatic carbocycles. The van der Waals surface area contributed by atoms with Crippen molar-refractivity contribution in [3.8, 4) is 17.1 Å². The maximum Gasteiger partial charge on any atom is 0.332 e. The molecule has 0 fully saturated rings. The zero-order valence-electron chi connectivity index (χ0n) is 14.8. The summed E-state index contributed by atoms with van der Waals surface area (Å²) < 4.78 is 7.51. The molecular formula is C17H16N4O5S. The summed E-state index contributed by atoms with van der Waals surface area (Å²) in [5.41, 5.74) is -0.418. The molecule has 0 saturated heterocycles. The van der Waals surface area contributed by atoms with Gasteiger partial charge in [-0.15, -0.1) is 0 Å². The van der Waals surface area contributed by atoms with Crippen LogP contribution in [-0.4, -0.2) is 43.0 Å². The molecule has 0 unspecified atom stereocenters. The van der Waals surface area contributed by atoms with E-state index in [1.54, 1.807) is 24.3 Å². The van der Waals surface area contributed by atoms with Crippen molar-refractivity contribution >= 4 is 28.8 Å². The van der Waals surface area contributed by atoms with Gasteiger partial charge in [0.1, 0.15) is 16.2 Å². The van der Waals surface area contributed by atoms with Crippen LogP contribution in [0.5, 0.6) is 5.75 Å². The zero-order valence-corrected chi connectivity index (χ0v) is 15.6. The summed E-state index contributed by atoms with van der Waals surface area (Å²) in [4.78, 5) is 44.7. The SMILES string of the molecule is COc1ccccc1-c1nc(SCC(=O)O)c2c(=O)n(C)c(=O)n(C)c2n1. The quantitative estimate of drug-likeness (QED) is 0.506. The van der Waals surface area contributed by atoms with Crippen molar-refractivity contribution in [2.24, 2.45) is 14.1 Å². The van der Waals surface area contributed by atoms with Crippen molar-refractivity contribution in [1.82, 2.24) is 19.1 Å². The highest BCUT2D eigenvalue weighted by atomic mass is 32.2. The lowest BCUT2D eigenvalue weighted by atomic mass is 10.2. The number of carbonyl (C=O) groups is 1. The standard InChI is InChI=1S/C17H16N4O5S/c1-20-14-12(16(24)21(2)17(20)25)15(27-8-11(22)23)19-13(18-14)9-6-4-5-7-10(9)26-3/h4-7H,8H2,1-3H3,(H,22,23). The Hall–Kier alpha value is -3.14. The predicted octanol–water partition coefficient (Wildman–Crippen LogP) is 0.879. The Morgan fingerprint density at radius 2 is 1.89 bits per heavy atom. The number of aryl methyl sites for hydroxylation is 1. The van der Waals surface area contributed by atoms with Crippen molar-refractivity contribution in [3.05, 3.63) is 45.1 Å². The van der Waals surface area contributed by atoms with Gasteiger partial charge in [-0.2, -0.15) is 0 Å². The number of carboxylic acid groups (broad SMARTS) is 1. The Labute approximate surface area is 157 Å². The summed E-state index contributed by atoms with van der Waals surface area (Å²) in [6.07, 6.45) is 0. The maximum atomic E-state index is 12.6. The summed E-state index contributed by atoms with van der Waals surface area (Å²) in [5, 5.41) is 9.31. The van der Waals surface area contributed by atoms with Gasteiger partial charge >= 0.3 is 11.7 Å². The number of carboxylic acids is 1. The molecule has 3 aromatic rings. The van der Waals surface area contributed by atoms with Crippen LogP contribution in [0.25, 0.3) is 22.4 Å². The van der Waals surface area contributed by atoms with Gasteiger partial charge in [0, 0.05) is 14.1 Å². The second-order valence-electron chi connectivity index (χ2n) is 5.64. The molecule has 3 rings (SSSR count). The van der Waals surface area contributed by atoms with E-state index < -0.39 is 17.2 Å². The van der Waals surface area contributed by atoms with Gasteiger partial charge in [0.05, 0.1) is 18.4 Å². The van der Waals surface area contributed by atoms with E-state index in [2.05, 4.69) is 9.97 Å². The maximum absolute atomic E-state index is 12.6. The number of aromatic nitrogens is 4. The highest BCUT2D eigenvalue weighted by Crippen LogP contribution is 2.30. The van der Waals surface area contributed by atoms with Crippen molar-refractivity contribution in [3.63, 3.8) is 0 Å². The number of benzene rings is 1. The third-order valence-corrected chi connectivity index (χ3v) is 4.91. The fourth-order valence-corrected chi connectivity index (χ4v) is 3.35. The van der Waals surface area contributed by atoms with Gasteiger partial charge in [-0.3, -0.25) is 18.7 Å². The van der Waals surface area contributed by atoms with E-state index in [4.69, 9.17) is 9.84 Å². The number of nitrogens with zero attached hydrogens (tertiary/aromatic N) is 4. The van der Waals surface area contributed by atoms with Crippen LogP contribution in [0, 0.1) is 0 Å². The van der Waals surface area contributed by atoms with E-state index in [1.165, 1.54) is 25.8 Å². The first-order valence-corrected chi connectivity index (χ1v) is 8.79. The number of fused-ring (bicyclic) bond motifs is 1. The minimum atomic E-state index is -1.05. The largest absolute Gasteiger partial charge is 0.496 e. The van der Waals surface area contributed by atoms with Gasteiger partial charge in [-0.05, 0) is 12.1 Å². The Kier molecular flexibility index (Phi) is 5.00. The number of thioether (sulfide) groups is 1. The second-order valence-corrected chi connectivity index (χ2v) is 6.60. The van der Waals surface area contributed by atoms with E-state index in [0.717, 1.165) is 16.3 Å². The van der Waals surface area contributed by atoms with E-state index >= 15 is 0 Å². The molecule has 0 amide bonds. The average Bonchev–Trinajstić information content (AvgIpc) is 2.68. The van der Waals surface area contributed by atoms with Crippen LogP contribution in [0.15, 0.2) is 38.9 Å². The Morgan fingerprint density at radius 3 is 2.56 bits per heavy atom. The molecule has 27 heavy (non-hydrogen) atoms. The number of ether oxygens (including phenoxy) is 1. The van der Waals surface area contributed by atoms with Crippen molar-refractivity contribution < 1.29 is 14.6 Å². The summed E-state index contributed by atoms with van der Waals surface area (Å²) in [6.45, 7) is 0. The molecule has 0 saturated carbocycles. The first kappa shape index (κ1) is 18.6. The normalized spacial score (nSPS) is 10.9. The van der Waals surface area contributed by atoms with Crippen LogP contribution < -0.4 is 16.0 Å². The molecule has 0 bridgehead atoms. The third kappa shape index (κ3) is 3.31. The summed E-state index contributed by atoms with van der Waals surface area (Å²) in [5.74, 6) is -0.591. The number of aliphatic carboxylic acids is 1. The van der Waals surface area contributed by atoms with Gasteiger partial charge in [-0.1, -0.05) is 23.9 Å². The Bertz CT molecular complexity index is 1170. The molecule has 1 aromatic carbocycles. The van der Waals surface area contributed by atoms with Gasteiger partial charge in [0.25, 0.3) is 5.56 Å². The van der Waals surface area contributed by atoms with Crippen molar-refractivity contribution in [2.75, 3.05) is 12.9 Å². The molecule has 10 heteroatoms. The average molecular weight is 388 g/mol.